The van der Waals surface area contributed by atoms with Crippen LogP contribution in [0.3, 0.4) is 0 Å². The summed E-state index contributed by atoms with van der Waals surface area (Å²) in [5.74, 6) is 0.754. The molecule has 3 aromatic carbocycles. The molecule has 2 aromatic heterocycles. The quantitative estimate of drug-likeness (QED) is 0.125. The highest BCUT2D eigenvalue weighted by molar-refractivity contribution is 6.36. The van der Waals surface area contributed by atoms with E-state index in [-0.39, 0.29) is 5.69 Å². The van der Waals surface area contributed by atoms with Crippen LogP contribution in [0.2, 0.25) is 15.2 Å². The average molecular weight is 536 g/mol. The van der Waals surface area contributed by atoms with Gasteiger partial charge in [-0.15, -0.1) is 0 Å². The lowest BCUT2D eigenvalue weighted by Gasteiger charge is -2.09. The molecule has 0 radical (unpaired) electrons. The molecular formula is C27H17Cl3N4O2. The van der Waals surface area contributed by atoms with Crippen LogP contribution in [0.5, 0.6) is 0 Å². The Hall–Kier alpha value is -3.71. The van der Waals surface area contributed by atoms with E-state index in [2.05, 4.69) is 4.98 Å². The van der Waals surface area contributed by atoms with E-state index in [1.807, 2.05) is 53.2 Å². The van der Waals surface area contributed by atoms with Crippen LogP contribution in [0, 0.1) is 10.1 Å². The highest BCUT2D eigenvalue weighted by Crippen LogP contribution is 2.32. The third-order valence-corrected chi connectivity index (χ3v) is 6.46. The Bertz CT molecular complexity index is 1570. The summed E-state index contributed by atoms with van der Waals surface area (Å²) < 4.78 is 1.92. The molecule has 0 fully saturated rings. The Kier molecular flexibility index (Phi) is 6.74. The van der Waals surface area contributed by atoms with Gasteiger partial charge in [0.1, 0.15) is 11.0 Å². The van der Waals surface area contributed by atoms with Crippen LogP contribution in [0.4, 0.5) is 5.69 Å². The monoisotopic (exact) mass is 534 g/mol. The Balaban J connectivity index is 1.52. The normalized spacial score (nSPS) is 11.0. The topological polar surface area (TPSA) is 73.8 Å². The SMILES string of the molecule is O=[N+]([O-])c1ccc(-n2cc(-c3ccc(Cl)cc3Cl)nc2Cc2ccc(-c3ccnc(Cl)c3)cc2)cc1. The number of aromatic nitrogens is 3. The molecule has 0 bridgehead atoms. The minimum atomic E-state index is -0.422. The summed E-state index contributed by atoms with van der Waals surface area (Å²) >= 11 is 18.6. The van der Waals surface area contributed by atoms with Crippen LogP contribution < -0.4 is 0 Å². The van der Waals surface area contributed by atoms with Crippen molar-refractivity contribution in [1.29, 1.82) is 0 Å². The molecule has 6 nitrogen and oxygen atoms in total. The lowest BCUT2D eigenvalue weighted by Crippen LogP contribution is -2.02. The van der Waals surface area contributed by atoms with Crippen LogP contribution in [0.1, 0.15) is 11.4 Å². The zero-order chi connectivity index (χ0) is 25.2. The molecule has 0 amide bonds. The molecule has 0 N–H and O–H groups in total. The van der Waals surface area contributed by atoms with E-state index in [1.165, 1.54) is 12.1 Å². The first-order chi connectivity index (χ1) is 17.4. The van der Waals surface area contributed by atoms with E-state index in [1.54, 1.807) is 30.5 Å². The molecule has 9 heteroatoms. The summed E-state index contributed by atoms with van der Waals surface area (Å²) in [7, 11) is 0. The van der Waals surface area contributed by atoms with Gasteiger partial charge in [-0.2, -0.15) is 0 Å². The maximum atomic E-state index is 11.1. The van der Waals surface area contributed by atoms with E-state index in [9.17, 15) is 10.1 Å². The summed E-state index contributed by atoms with van der Waals surface area (Å²) in [5.41, 5.74) is 5.24. The maximum absolute atomic E-state index is 11.1. The van der Waals surface area contributed by atoms with E-state index in [0.717, 1.165) is 33.8 Å². The third-order valence-electron chi connectivity index (χ3n) is 5.70. The first kappa shape index (κ1) is 24.0. The lowest BCUT2D eigenvalue weighted by atomic mass is 10.0. The van der Waals surface area contributed by atoms with Crippen molar-refractivity contribution in [3.05, 3.63) is 128 Å². The molecule has 0 unspecified atom stereocenters. The van der Waals surface area contributed by atoms with E-state index >= 15 is 0 Å². The molecule has 0 saturated carbocycles. The van der Waals surface area contributed by atoms with E-state index in [0.29, 0.717) is 27.3 Å². The largest absolute Gasteiger partial charge is 0.303 e. The van der Waals surface area contributed by atoms with Gasteiger partial charge in [-0.3, -0.25) is 10.1 Å². The van der Waals surface area contributed by atoms with Gasteiger partial charge < -0.3 is 4.57 Å². The van der Waals surface area contributed by atoms with Crippen molar-refractivity contribution in [3.8, 4) is 28.1 Å². The number of rotatable bonds is 6. The van der Waals surface area contributed by atoms with Crippen LogP contribution in [0.15, 0.2) is 91.3 Å². The number of imidazole rings is 1. The van der Waals surface area contributed by atoms with Crippen LogP contribution in [-0.2, 0) is 6.42 Å². The van der Waals surface area contributed by atoms with Crippen molar-refractivity contribution >= 4 is 40.5 Å². The fraction of sp³-hybridized carbons (Fsp3) is 0.0370. The van der Waals surface area contributed by atoms with Gasteiger partial charge in [-0.05, 0) is 59.2 Å². The summed E-state index contributed by atoms with van der Waals surface area (Å²) in [6.45, 7) is 0. The highest BCUT2D eigenvalue weighted by atomic mass is 35.5. The summed E-state index contributed by atoms with van der Waals surface area (Å²) in [6, 6.07) is 23.5. The Morgan fingerprint density at radius 2 is 1.61 bits per heavy atom. The van der Waals surface area contributed by atoms with Crippen molar-refractivity contribution in [2.24, 2.45) is 0 Å². The van der Waals surface area contributed by atoms with Gasteiger partial charge in [-0.25, -0.2) is 9.97 Å². The smallest absolute Gasteiger partial charge is 0.269 e. The molecule has 0 spiro atoms. The van der Waals surface area contributed by atoms with Crippen molar-refractivity contribution in [1.82, 2.24) is 14.5 Å². The van der Waals surface area contributed by atoms with Gasteiger partial charge in [0.25, 0.3) is 5.69 Å². The minimum Gasteiger partial charge on any atom is -0.303 e. The predicted molar refractivity (Wildman–Crippen MR) is 143 cm³/mol. The Morgan fingerprint density at radius 3 is 2.28 bits per heavy atom. The molecule has 0 aliphatic heterocycles. The number of hydrogen-bond acceptors (Lipinski definition) is 4. The zero-order valence-electron chi connectivity index (χ0n) is 18.6. The number of non-ortho nitro benzene ring substituents is 1. The third kappa shape index (κ3) is 5.11. The second-order valence-electron chi connectivity index (χ2n) is 8.05. The summed E-state index contributed by atoms with van der Waals surface area (Å²) in [5, 5.41) is 12.6. The maximum Gasteiger partial charge on any atom is 0.269 e. The number of hydrogen-bond donors (Lipinski definition) is 0. The second-order valence-corrected chi connectivity index (χ2v) is 9.28. The Labute approximate surface area is 221 Å². The predicted octanol–water partition coefficient (Wildman–Crippen LogP) is 8.06. The molecule has 0 aliphatic rings. The van der Waals surface area contributed by atoms with Gasteiger partial charge in [0.15, 0.2) is 0 Å². The number of pyridine rings is 1. The number of nitro groups is 1. The van der Waals surface area contributed by atoms with Gasteiger partial charge in [0.05, 0.1) is 15.6 Å². The summed E-state index contributed by atoms with van der Waals surface area (Å²) in [4.78, 5) is 19.6. The average Bonchev–Trinajstić information content (AvgIpc) is 3.28. The van der Waals surface area contributed by atoms with Gasteiger partial charge >= 0.3 is 0 Å². The highest BCUT2D eigenvalue weighted by Gasteiger charge is 2.15. The number of nitrogens with zero attached hydrogens (tertiary/aromatic N) is 4. The first-order valence-electron chi connectivity index (χ1n) is 10.9. The standard InChI is InChI=1S/C27H17Cl3N4O2/c28-20-5-10-23(24(29)15-20)25-16-33(21-6-8-22(9-7-21)34(35)36)27(32-25)13-17-1-3-18(4-2-17)19-11-12-31-26(30)14-19/h1-12,14-16H,13H2. The summed E-state index contributed by atoms with van der Waals surface area (Å²) in [6.07, 6.45) is 4.08. The number of halogens is 3. The molecule has 0 saturated heterocycles. The fourth-order valence-electron chi connectivity index (χ4n) is 3.91. The zero-order valence-corrected chi connectivity index (χ0v) is 20.9. The van der Waals surface area contributed by atoms with Crippen LogP contribution in [0.25, 0.3) is 28.1 Å². The minimum absolute atomic E-state index is 0.0215. The van der Waals surface area contributed by atoms with Crippen molar-refractivity contribution < 1.29 is 4.92 Å². The van der Waals surface area contributed by atoms with Crippen molar-refractivity contribution in [2.45, 2.75) is 6.42 Å². The second kappa shape index (κ2) is 10.1. The van der Waals surface area contributed by atoms with Crippen LogP contribution in [-0.4, -0.2) is 19.5 Å². The molecule has 0 atom stereocenters. The molecule has 5 rings (SSSR count). The molecule has 0 aliphatic carbocycles. The molecular weight excluding hydrogens is 519 g/mol. The molecule has 2 heterocycles. The first-order valence-corrected chi connectivity index (χ1v) is 12.0. The number of benzene rings is 3. The molecule has 36 heavy (non-hydrogen) atoms. The lowest BCUT2D eigenvalue weighted by molar-refractivity contribution is -0.384. The van der Waals surface area contributed by atoms with Gasteiger partial charge in [-0.1, -0.05) is 59.1 Å². The van der Waals surface area contributed by atoms with E-state index in [4.69, 9.17) is 39.8 Å². The number of nitro benzene ring substituents is 1. The van der Waals surface area contributed by atoms with Crippen LogP contribution >= 0.6 is 34.8 Å². The Morgan fingerprint density at radius 1 is 0.861 bits per heavy atom. The van der Waals surface area contributed by atoms with Crippen molar-refractivity contribution in [2.75, 3.05) is 0 Å². The fourth-order valence-corrected chi connectivity index (χ4v) is 4.59. The van der Waals surface area contributed by atoms with Gasteiger partial charge in [0.2, 0.25) is 0 Å². The van der Waals surface area contributed by atoms with Gasteiger partial charge in [0, 0.05) is 47.2 Å². The molecule has 178 valence electrons. The van der Waals surface area contributed by atoms with E-state index < -0.39 is 4.92 Å². The van der Waals surface area contributed by atoms with Crippen molar-refractivity contribution in [3.63, 3.8) is 0 Å². The molecule has 5 aromatic rings.